The average Bonchev–Trinajstić information content (AvgIpc) is 2.38. The van der Waals surface area contributed by atoms with E-state index < -0.39 is 23.3 Å². The van der Waals surface area contributed by atoms with Gasteiger partial charge in [-0.15, -0.1) is 0 Å². The normalized spacial score (nSPS) is 14.5. The number of hydrogen-bond acceptors (Lipinski definition) is 2. The number of benzene rings is 1. The first-order valence-electron chi connectivity index (χ1n) is 6.16. The highest BCUT2D eigenvalue weighted by Crippen LogP contribution is 2.29. The van der Waals surface area contributed by atoms with Crippen LogP contribution in [0.2, 0.25) is 0 Å². The van der Waals surface area contributed by atoms with E-state index in [0.717, 1.165) is 12.1 Å². The molecular weight excluding hydrogens is 271 g/mol. The maximum Gasteiger partial charge on any atom is 0.416 e. The summed E-state index contributed by atoms with van der Waals surface area (Å²) in [6.45, 7) is 3.94. The first-order valence-corrected chi connectivity index (χ1v) is 6.16. The number of nitrogens with one attached hydrogen (secondary N) is 2. The Kier molecular flexibility index (Phi) is 4.99. The lowest BCUT2D eigenvalue weighted by atomic mass is 10.00. The van der Waals surface area contributed by atoms with Crippen LogP contribution >= 0.6 is 0 Å². The number of rotatable bonds is 4. The van der Waals surface area contributed by atoms with Gasteiger partial charge in [-0.2, -0.15) is 13.2 Å². The fourth-order valence-electron chi connectivity index (χ4n) is 1.46. The number of anilines is 1. The zero-order valence-electron chi connectivity index (χ0n) is 11.3. The van der Waals surface area contributed by atoms with Crippen LogP contribution in [-0.2, 0) is 6.18 Å². The predicted molar refractivity (Wildman–Crippen MR) is 71.3 cm³/mol. The molecule has 0 saturated carbocycles. The molecule has 0 aliphatic carbocycles. The third kappa shape index (κ3) is 4.41. The van der Waals surface area contributed by atoms with E-state index in [1.807, 2.05) is 6.92 Å². The van der Waals surface area contributed by atoms with E-state index in [9.17, 15) is 18.0 Å². The van der Waals surface area contributed by atoms with Gasteiger partial charge < -0.3 is 16.4 Å². The van der Waals surface area contributed by atoms with Crippen molar-refractivity contribution in [1.29, 1.82) is 0 Å². The monoisotopic (exact) mass is 289 g/mol. The van der Waals surface area contributed by atoms with Crippen LogP contribution in [-0.4, -0.2) is 18.1 Å². The zero-order valence-corrected chi connectivity index (χ0v) is 11.3. The van der Waals surface area contributed by atoms with Gasteiger partial charge in [0.15, 0.2) is 0 Å². The van der Waals surface area contributed by atoms with Crippen LogP contribution in [0.4, 0.5) is 23.7 Å². The molecule has 0 fully saturated rings. The number of nitrogens with two attached hydrogens (primary N) is 1. The summed E-state index contributed by atoms with van der Waals surface area (Å²) in [5.74, 6) is 0. The number of hydrogen-bond donors (Lipinski definition) is 3. The minimum atomic E-state index is -4.39. The smallest absolute Gasteiger partial charge is 0.331 e. The highest BCUT2D eigenvalue weighted by Gasteiger charge is 2.30. The number of urea groups is 1. The van der Waals surface area contributed by atoms with Crippen molar-refractivity contribution in [2.24, 2.45) is 5.73 Å². The summed E-state index contributed by atoms with van der Waals surface area (Å²) in [5, 5.41) is 5.16. The minimum absolute atomic E-state index is 0.268. The molecule has 0 radical (unpaired) electrons. The summed E-state index contributed by atoms with van der Waals surface area (Å²) in [6, 6.07) is 3.73. The molecule has 0 aromatic heterocycles. The molecule has 0 bridgehead atoms. The zero-order chi connectivity index (χ0) is 15.4. The van der Waals surface area contributed by atoms with Crippen molar-refractivity contribution in [3.05, 3.63) is 29.8 Å². The molecule has 0 heterocycles. The summed E-state index contributed by atoms with van der Waals surface area (Å²) in [6.07, 6.45) is -3.74. The van der Waals surface area contributed by atoms with Crippen molar-refractivity contribution in [3.8, 4) is 0 Å². The summed E-state index contributed by atoms with van der Waals surface area (Å²) in [7, 11) is 0. The molecule has 1 atom stereocenters. The molecule has 1 aromatic carbocycles. The van der Waals surface area contributed by atoms with E-state index in [-0.39, 0.29) is 12.2 Å². The van der Waals surface area contributed by atoms with Gasteiger partial charge in [-0.1, -0.05) is 6.92 Å². The van der Waals surface area contributed by atoms with Crippen LogP contribution in [0.15, 0.2) is 24.3 Å². The maximum atomic E-state index is 12.4. The minimum Gasteiger partial charge on any atom is -0.331 e. The Balaban J connectivity index is 2.68. The largest absolute Gasteiger partial charge is 0.416 e. The van der Waals surface area contributed by atoms with Gasteiger partial charge in [0.05, 0.1) is 11.1 Å². The van der Waals surface area contributed by atoms with Crippen LogP contribution in [0.3, 0.4) is 0 Å². The number of carbonyl (C=O) groups excluding carboxylic acids is 1. The van der Waals surface area contributed by atoms with Gasteiger partial charge in [0, 0.05) is 12.2 Å². The van der Waals surface area contributed by atoms with Crippen molar-refractivity contribution in [3.63, 3.8) is 0 Å². The number of alkyl halides is 3. The molecule has 7 heteroatoms. The summed E-state index contributed by atoms with van der Waals surface area (Å²) in [5.41, 5.74) is 4.54. The predicted octanol–water partition coefficient (Wildman–Crippen LogP) is 2.95. The van der Waals surface area contributed by atoms with Crippen LogP contribution in [0.1, 0.15) is 25.8 Å². The topological polar surface area (TPSA) is 67.1 Å². The van der Waals surface area contributed by atoms with Crippen molar-refractivity contribution in [1.82, 2.24) is 5.32 Å². The Morgan fingerprint density at radius 3 is 2.20 bits per heavy atom. The van der Waals surface area contributed by atoms with E-state index in [2.05, 4.69) is 10.6 Å². The van der Waals surface area contributed by atoms with Gasteiger partial charge in [0.2, 0.25) is 0 Å². The molecule has 2 amide bonds. The van der Waals surface area contributed by atoms with Crippen LogP contribution in [0.5, 0.6) is 0 Å². The highest BCUT2D eigenvalue weighted by atomic mass is 19.4. The molecule has 0 aliphatic heterocycles. The van der Waals surface area contributed by atoms with Gasteiger partial charge in [0.25, 0.3) is 0 Å². The first kappa shape index (κ1) is 16.3. The quantitative estimate of drug-likeness (QED) is 0.797. The Morgan fingerprint density at radius 1 is 1.25 bits per heavy atom. The molecule has 4 N–H and O–H groups in total. The molecule has 1 rings (SSSR count). The second kappa shape index (κ2) is 6.13. The van der Waals surface area contributed by atoms with Crippen molar-refractivity contribution < 1.29 is 18.0 Å². The van der Waals surface area contributed by atoms with E-state index in [4.69, 9.17) is 5.73 Å². The maximum absolute atomic E-state index is 12.4. The fraction of sp³-hybridized carbons (Fsp3) is 0.462. The SMILES string of the molecule is CCC(C)(CN)NC(=O)Nc1ccc(C(F)(F)F)cc1. The Hall–Kier alpha value is -1.76. The van der Waals surface area contributed by atoms with E-state index >= 15 is 0 Å². The Bertz CT molecular complexity index is 453. The number of carbonyl (C=O) groups is 1. The number of halogens is 3. The molecule has 0 saturated heterocycles. The first-order chi connectivity index (χ1) is 9.20. The second-order valence-electron chi connectivity index (χ2n) is 4.77. The Labute approximate surface area is 115 Å². The van der Waals surface area contributed by atoms with Crippen LogP contribution in [0.25, 0.3) is 0 Å². The third-order valence-electron chi connectivity index (χ3n) is 3.12. The van der Waals surface area contributed by atoms with Gasteiger partial charge in [-0.05, 0) is 37.6 Å². The molecular formula is C13H18F3N3O. The van der Waals surface area contributed by atoms with Crippen LogP contribution < -0.4 is 16.4 Å². The van der Waals surface area contributed by atoms with Crippen molar-refractivity contribution in [2.75, 3.05) is 11.9 Å². The summed E-state index contributed by atoms with van der Waals surface area (Å²) >= 11 is 0. The summed E-state index contributed by atoms with van der Waals surface area (Å²) in [4.78, 5) is 11.7. The van der Waals surface area contributed by atoms with E-state index in [1.165, 1.54) is 12.1 Å². The molecule has 20 heavy (non-hydrogen) atoms. The van der Waals surface area contributed by atoms with Gasteiger partial charge in [-0.3, -0.25) is 0 Å². The van der Waals surface area contributed by atoms with Gasteiger partial charge in [-0.25, -0.2) is 4.79 Å². The summed E-state index contributed by atoms with van der Waals surface area (Å²) < 4.78 is 37.1. The molecule has 4 nitrogen and oxygen atoms in total. The highest BCUT2D eigenvalue weighted by molar-refractivity contribution is 5.89. The molecule has 0 spiro atoms. The fourth-order valence-corrected chi connectivity index (χ4v) is 1.46. The van der Waals surface area contributed by atoms with Crippen molar-refractivity contribution in [2.45, 2.75) is 32.0 Å². The van der Waals surface area contributed by atoms with Crippen molar-refractivity contribution >= 4 is 11.7 Å². The lowest BCUT2D eigenvalue weighted by molar-refractivity contribution is -0.137. The molecule has 1 aromatic rings. The van der Waals surface area contributed by atoms with E-state index in [0.29, 0.717) is 6.42 Å². The van der Waals surface area contributed by atoms with Gasteiger partial charge in [0.1, 0.15) is 0 Å². The Morgan fingerprint density at radius 2 is 1.80 bits per heavy atom. The lowest BCUT2D eigenvalue weighted by Crippen LogP contribution is -2.52. The molecule has 0 aliphatic rings. The van der Waals surface area contributed by atoms with Gasteiger partial charge >= 0.3 is 12.2 Å². The van der Waals surface area contributed by atoms with E-state index in [1.54, 1.807) is 6.92 Å². The molecule has 1 unspecified atom stereocenters. The average molecular weight is 289 g/mol. The number of amides is 2. The molecule has 112 valence electrons. The van der Waals surface area contributed by atoms with Crippen LogP contribution in [0, 0.1) is 0 Å². The standard InChI is InChI=1S/C13H18F3N3O/c1-3-12(2,8-17)19-11(20)18-10-6-4-9(5-7-10)13(14,15)16/h4-7H,3,8,17H2,1-2H3,(H2,18,19,20). The second-order valence-corrected chi connectivity index (χ2v) is 4.77. The third-order valence-corrected chi connectivity index (χ3v) is 3.12. The lowest BCUT2D eigenvalue weighted by Gasteiger charge is -2.27.